The van der Waals surface area contributed by atoms with Gasteiger partial charge in [0.2, 0.25) is 11.9 Å². The fraction of sp³-hybridized carbons (Fsp3) is 0.217. The van der Waals surface area contributed by atoms with Crippen LogP contribution in [0, 0.1) is 0 Å². The summed E-state index contributed by atoms with van der Waals surface area (Å²) in [7, 11) is 0. The molecule has 2 aromatic carbocycles. The van der Waals surface area contributed by atoms with Crippen molar-refractivity contribution in [1.82, 2.24) is 14.9 Å². The van der Waals surface area contributed by atoms with E-state index in [0.29, 0.717) is 41.0 Å². The Morgan fingerprint density at radius 3 is 2.61 bits per heavy atom. The molecule has 0 saturated carbocycles. The van der Waals surface area contributed by atoms with Crippen LogP contribution in [-0.2, 0) is 11.2 Å². The van der Waals surface area contributed by atoms with Gasteiger partial charge in [0.15, 0.2) is 0 Å². The number of anilines is 3. The third-order valence-corrected chi connectivity index (χ3v) is 5.40. The van der Waals surface area contributed by atoms with Crippen molar-refractivity contribution in [3.8, 4) is 11.3 Å². The van der Waals surface area contributed by atoms with Gasteiger partial charge in [0.25, 0.3) is 5.91 Å². The second kappa shape index (κ2) is 8.73. The number of benzene rings is 2. The number of nitrogens with zero attached hydrogens (tertiary/aromatic N) is 3. The maximum Gasteiger partial charge on any atom is 0.253 e. The lowest BCUT2D eigenvalue weighted by molar-refractivity contribution is -0.115. The molecule has 0 fully saturated rings. The van der Waals surface area contributed by atoms with Gasteiger partial charge in [-0.3, -0.25) is 9.59 Å². The van der Waals surface area contributed by atoms with Crippen molar-refractivity contribution in [2.24, 2.45) is 0 Å². The second-order valence-electron chi connectivity index (χ2n) is 7.16. The maximum atomic E-state index is 12.5. The summed E-state index contributed by atoms with van der Waals surface area (Å²) in [6, 6.07) is 12.5. The highest BCUT2D eigenvalue weighted by Crippen LogP contribution is 2.34. The Morgan fingerprint density at radius 2 is 1.90 bits per heavy atom. The van der Waals surface area contributed by atoms with E-state index in [2.05, 4.69) is 20.6 Å². The predicted molar refractivity (Wildman–Crippen MR) is 122 cm³/mol. The van der Waals surface area contributed by atoms with E-state index in [0.717, 1.165) is 16.8 Å². The summed E-state index contributed by atoms with van der Waals surface area (Å²) in [5, 5.41) is 6.58. The summed E-state index contributed by atoms with van der Waals surface area (Å²) in [6.45, 7) is 5.26. The zero-order chi connectivity index (χ0) is 22.0. The van der Waals surface area contributed by atoms with Crippen molar-refractivity contribution in [2.75, 3.05) is 23.7 Å². The lowest BCUT2D eigenvalue weighted by atomic mass is 10.1. The average molecular weight is 436 g/mol. The summed E-state index contributed by atoms with van der Waals surface area (Å²) in [6.07, 6.45) is 1.84. The Hall–Kier alpha value is -3.45. The molecule has 2 N–H and O–H groups in total. The molecule has 158 valence electrons. The van der Waals surface area contributed by atoms with Gasteiger partial charge >= 0.3 is 0 Å². The van der Waals surface area contributed by atoms with Crippen molar-refractivity contribution < 1.29 is 9.59 Å². The van der Waals surface area contributed by atoms with Crippen molar-refractivity contribution in [3.63, 3.8) is 0 Å². The van der Waals surface area contributed by atoms with Gasteiger partial charge in [-0.2, -0.15) is 0 Å². The van der Waals surface area contributed by atoms with E-state index in [1.807, 2.05) is 32.0 Å². The van der Waals surface area contributed by atoms with Crippen molar-refractivity contribution in [3.05, 3.63) is 64.8 Å². The summed E-state index contributed by atoms with van der Waals surface area (Å²) >= 11 is 6.09. The lowest BCUT2D eigenvalue weighted by Gasteiger charge is -2.18. The third-order valence-electron chi connectivity index (χ3n) is 5.17. The fourth-order valence-electron chi connectivity index (χ4n) is 3.54. The molecule has 3 aromatic rings. The SMILES string of the molecule is CCN(CC)C(=O)c1ccc(Nc2ncc3c(n2)-c2ccc(Cl)cc2NC(=O)C3)cc1. The number of carbonyl (C=O) groups excluding carboxylic acids is 2. The van der Waals surface area contributed by atoms with Gasteiger partial charge in [-0.1, -0.05) is 11.6 Å². The molecule has 0 spiro atoms. The first-order valence-corrected chi connectivity index (χ1v) is 10.5. The summed E-state index contributed by atoms with van der Waals surface area (Å²) in [5.41, 5.74) is 4.22. The van der Waals surface area contributed by atoms with Crippen LogP contribution in [0.25, 0.3) is 11.3 Å². The van der Waals surface area contributed by atoms with Crippen LogP contribution in [0.4, 0.5) is 17.3 Å². The molecule has 7 nitrogen and oxygen atoms in total. The van der Waals surface area contributed by atoms with Crippen LogP contribution >= 0.6 is 11.6 Å². The van der Waals surface area contributed by atoms with E-state index >= 15 is 0 Å². The normalized spacial score (nSPS) is 12.3. The molecule has 0 unspecified atom stereocenters. The highest BCUT2D eigenvalue weighted by atomic mass is 35.5. The first-order chi connectivity index (χ1) is 15.0. The van der Waals surface area contributed by atoms with E-state index in [1.54, 1.807) is 35.4 Å². The number of fused-ring (bicyclic) bond motifs is 3. The molecule has 31 heavy (non-hydrogen) atoms. The number of nitrogens with one attached hydrogen (secondary N) is 2. The van der Waals surface area contributed by atoms with Gasteiger partial charge in [0.1, 0.15) is 0 Å². The highest BCUT2D eigenvalue weighted by Gasteiger charge is 2.21. The van der Waals surface area contributed by atoms with E-state index in [-0.39, 0.29) is 18.2 Å². The van der Waals surface area contributed by atoms with E-state index in [4.69, 9.17) is 11.6 Å². The third kappa shape index (κ3) is 4.36. The average Bonchev–Trinajstić information content (AvgIpc) is 2.89. The molecule has 8 heteroatoms. The molecule has 0 bridgehead atoms. The van der Waals surface area contributed by atoms with Gasteiger partial charge in [0.05, 0.1) is 17.8 Å². The zero-order valence-corrected chi connectivity index (χ0v) is 18.0. The Bertz CT molecular complexity index is 1140. The molecule has 0 aliphatic carbocycles. The van der Waals surface area contributed by atoms with Crippen LogP contribution in [0.2, 0.25) is 5.02 Å². The van der Waals surface area contributed by atoms with Crippen LogP contribution in [0.5, 0.6) is 0 Å². The number of halogens is 1. The van der Waals surface area contributed by atoms with Crippen LogP contribution in [0.1, 0.15) is 29.8 Å². The van der Waals surface area contributed by atoms with Crippen LogP contribution in [0.15, 0.2) is 48.7 Å². The molecule has 0 saturated heterocycles. The first-order valence-electron chi connectivity index (χ1n) is 10.1. The molecule has 0 atom stereocenters. The van der Waals surface area contributed by atoms with Crippen molar-refractivity contribution in [1.29, 1.82) is 0 Å². The number of rotatable bonds is 5. The van der Waals surface area contributed by atoms with Crippen LogP contribution < -0.4 is 10.6 Å². The topological polar surface area (TPSA) is 87.2 Å². The van der Waals surface area contributed by atoms with E-state index in [9.17, 15) is 9.59 Å². The summed E-state index contributed by atoms with van der Waals surface area (Å²) < 4.78 is 0. The number of aromatic nitrogens is 2. The Labute approximate surface area is 185 Å². The summed E-state index contributed by atoms with van der Waals surface area (Å²) in [5.74, 6) is 0.266. The molecule has 1 aliphatic rings. The van der Waals surface area contributed by atoms with Gasteiger partial charge in [0, 0.05) is 46.7 Å². The first kappa shape index (κ1) is 20.8. The van der Waals surface area contributed by atoms with Gasteiger partial charge in [-0.15, -0.1) is 0 Å². The Balaban J connectivity index is 1.61. The predicted octanol–water partition coefficient (Wildman–Crippen LogP) is 4.52. The molecule has 2 amide bonds. The number of hydrogen-bond acceptors (Lipinski definition) is 5. The van der Waals surface area contributed by atoms with Gasteiger partial charge in [-0.25, -0.2) is 9.97 Å². The van der Waals surface area contributed by atoms with Crippen molar-refractivity contribution >= 4 is 40.7 Å². The minimum Gasteiger partial charge on any atom is -0.339 e. The molecule has 0 radical (unpaired) electrons. The Kier molecular flexibility index (Phi) is 5.86. The van der Waals surface area contributed by atoms with Crippen LogP contribution in [-0.4, -0.2) is 39.8 Å². The molecule has 4 rings (SSSR count). The monoisotopic (exact) mass is 435 g/mol. The largest absolute Gasteiger partial charge is 0.339 e. The minimum absolute atomic E-state index is 0.00488. The number of hydrogen-bond donors (Lipinski definition) is 2. The highest BCUT2D eigenvalue weighted by molar-refractivity contribution is 6.31. The quantitative estimate of drug-likeness (QED) is 0.615. The number of carbonyl (C=O) groups is 2. The van der Waals surface area contributed by atoms with E-state index < -0.39 is 0 Å². The standard InChI is InChI=1S/C23H22ClN5O2/c1-3-29(4-2)22(31)14-5-8-17(9-6-14)26-23-25-13-15-11-20(30)27-19-12-16(24)7-10-18(19)21(15)28-23/h5-10,12-13H,3-4,11H2,1-2H3,(H,27,30)(H,25,26,28). The molecule has 1 aromatic heterocycles. The van der Waals surface area contributed by atoms with Gasteiger partial charge in [-0.05, 0) is 56.3 Å². The lowest BCUT2D eigenvalue weighted by Crippen LogP contribution is -2.30. The fourth-order valence-corrected chi connectivity index (χ4v) is 3.71. The second-order valence-corrected chi connectivity index (χ2v) is 7.60. The number of amides is 2. The molecular weight excluding hydrogens is 414 g/mol. The maximum absolute atomic E-state index is 12.5. The zero-order valence-electron chi connectivity index (χ0n) is 17.3. The van der Waals surface area contributed by atoms with Gasteiger partial charge < -0.3 is 15.5 Å². The summed E-state index contributed by atoms with van der Waals surface area (Å²) in [4.78, 5) is 35.5. The molecule has 1 aliphatic heterocycles. The van der Waals surface area contributed by atoms with E-state index in [1.165, 1.54) is 0 Å². The Morgan fingerprint density at radius 1 is 1.16 bits per heavy atom. The molecule has 2 heterocycles. The molecular formula is C23H22ClN5O2. The van der Waals surface area contributed by atoms with Crippen molar-refractivity contribution in [2.45, 2.75) is 20.3 Å². The minimum atomic E-state index is -0.139. The van der Waals surface area contributed by atoms with Crippen LogP contribution in [0.3, 0.4) is 0 Å². The smallest absolute Gasteiger partial charge is 0.253 e.